The molecular formula is C21H15ClF3N5O. The van der Waals surface area contributed by atoms with Crippen molar-refractivity contribution >= 4 is 29.0 Å². The number of amides is 1. The maximum absolute atomic E-state index is 13.8. The largest absolute Gasteiger partial charge is 0.410 e. The van der Waals surface area contributed by atoms with E-state index in [1.54, 1.807) is 24.3 Å². The molecule has 0 fully saturated rings. The maximum atomic E-state index is 13.8. The van der Waals surface area contributed by atoms with Gasteiger partial charge in [-0.3, -0.25) is 4.79 Å². The monoisotopic (exact) mass is 445 g/mol. The van der Waals surface area contributed by atoms with E-state index in [-0.39, 0.29) is 17.9 Å². The van der Waals surface area contributed by atoms with E-state index in [4.69, 9.17) is 16.9 Å². The summed E-state index contributed by atoms with van der Waals surface area (Å²) >= 11 is 5.88. The van der Waals surface area contributed by atoms with Crippen molar-refractivity contribution in [2.75, 3.05) is 10.6 Å². The summed E-state index contributed by atoms with van der Waals surface area (Å²) in [6, 6.07) is 13.4. The van der Waals surface area contributed by atoms with Crippen LogP contribution in [0.15, 0.2) is 54.6 Å². The third-order valence-electron chi connectivity index (χ3n) is 4.97. The zero-order valence-electron chi connectivity index (χ0n) is 15.8. The Morgan fingerprint density at radius 3 is 2.48 bits per heavy atom. The Balaban J connectivity index is 1.62. The Hall–Kier alpha value is -3.51. The van der Waals surface area contributed by atoms with Crippen LogP contribution < -0.4 is 10.6 Å². The minimum Gasteiger partial charge on any atom is -0.363 e. The lowest BCUT2D eigenvalue weighted by molar-refractivity contribution is -0.173. The topological polar surface area (TPSA) is 82.7 Å². The fourth-order valence-electron chi connectivity index (χ4n) is 3.42. The van der Waals surface area contributed by atoms with E-state index in [1.165, 1.54) is 30.3 Å². The number of carbonyl (C=O) groups excluding carboxylic acids is 1. The third kappa shape index (κ3) is 4.34. The second-order valence-corrected chi connectivity index (χ2v) is 7.48. The van der Waals surface area contributed by atoms with Crippen LogP contribution in [0.2, 0.25) is 5.02 Å². The predicted molar refractivity (Wildman–Crippen MR) is 109 cm³/mol. The Labute approximate surface area is 180 Å². The Morgan fingerprint density at radius 1 is 1.19 bits per heavy atom. The van der Waals surface area contributed by atoms with Crippen LogP contribution in [-0.2, 0) is 0 Å². The number of nitrogens with one attached hydrogen (secondary N) is 2. The first-order chi connectivity index (χ1) is 14.7. The molecule has 2 N–H and O–H groups in total. The summed E-state index contributed by atoms with van der Waals surface area (Å²) in [4.78, 5) is 12.6. The number of anilines is 2. The van der Waals surface area contributed by atoms with Crippen molar-refractivity contribution < 1.29 is 18.0 Å². The zero-order chi connectivity index (χ0) is 22.2. The van der Waals surface area contributed by atoms with Gasteiger partial charge < -0.3 is 10.6 Å². The lowest BCUT2D eigenvalue weighted by atomic mass is 9.97. The van der Waals surface area contributed by atoms with Gasteiger partial charge in [0.2, 0.25) is 0 Å². The van der Waals surface area contributed by atoms with Crippen LogP contribution in [0.4, 0.5) is 24.7 Å². The maximum Gasteiger partial charge on any atom is 0.410 e. The van der Waals surface area contributed by atoms with Crippen molar-refractivity contribution in [2.24, 2.45) is 0 Å². The van der Waals surface area contributed by atoms with E-state index in [0.29, 0.717) is 21.8 Å². The number of rotatable bonds is 3. The highest BCUT2D eigenvalue weighted by Gasteiger charge is 2.46. The van der Waals surface area contributed by atoms with Gasteiger partial charge in [0.1, 0.15) is 5.82 Å². The van der Waals surface area contributed by atoms with Crippen LogP contribution in [0.1, 0.15) is 40.1 Å². The normalized spacial score (nSPS) is 17.9. The van der Waals surface area contributed by atoms with Gasteiger partial charge in [-0.25, -0.2) is 4.68 Å². The van der Waals surface area contributed by atoms with Crippen LogP contribution >= 0.6 is 11.6 Å². The van der Waals surface area contributed by atoms with E-state index >= 15 is 0 Å². The number of alkyl halides is 3. The smallest absolute Gasteiger partial charge is 0.363 e. The standard InChI is InChI=1S/C21H15ClF3N5O/c22-14-5-3-13(4-6-14)16-9-18(21(23,24)25)30-19(28-16)10-17(29-30)20(31)27-15-7-1-12(11-26)2-8-15/h1-8,10,16,18,28H,9H2,(H,27,31)/t16-,18+/m0/s1. The van der Waals surface area contributed by atoms with Crippen molar-refractivity contribution in [3.8, 4) is 6.07 Å². The van der Waals surface area contributed by atoms with Crippen molar-refractivity contribution in [1.82, 2.24) is 9.78 Å². The highest BCUT2D eigenvalue weighted by atomic mass is 35.5. The molecule has 0 radical (unpaired) electrons. The molecule has 1 aromatic heterocycles. The Bertz CT molecular complexity index is 1150. The number of hydrogen-bond acceptors (Lipinski definition) is 4. The number of fused-ring (bicyclic) bond motifs is 1. The summed E-state index contributed by atoms with van der Waals surface area (Å²) in [5.41, 5.74) is 1.31. The van der Waals surface area contributed by atoms with Gasteiger partial charge in [0.15, 0.2) is 11.7 Å². The van der Waals surface area contributed by atoms with Gasteiger partial charge in [-0.15, -0.1) is 0 Å². The van der Waals surface area contributed by atoms with Gasteiger partial charge in [-0.05, 0) is 42.0 Å². The first-order valence-electron chi connectivity index (χ1n) is 9.24. The van der Waals surface area contributed by atoms with Crippen molar-refractivity contribution in [2.45, 2.75) is 24.7 Å². The van der Waals surface area contributed by atoms with E-state index in [2.05, 4.69) is 15.7 Å². The van der Waals surface area contributed by atoms with E-state index < -0.39 is 24.2 Å². The number of nitrogens with zero attached hydrogens (tertiary/aromatic N) is 3. The Morgan fingerprint density at radius 2 is 1.87 bits per heavy atom. The molecule has 3 aromatic rings. The number of halogens is 4. The molecule has 10 heteroatoms. The fourth-order valence-corrected chi connectivity index (χ4v) is 3.55. The highest BCUT2D eigenvalue weighted by molar-refractivity contribution is 6.30. The van der Waals surface area contributed by atoms with Gasteiger partial charge in [0.25, 0.3) is 5.91 Å². The summed E-state index contributed by atoms with van der Waals surface area (Å²) in [6.45, 7) is 0. The molecule has 0 saturated heterocycles. The predicted octanol–water partition coefficient (Wildman–Crippen LogP) is 5.32. The second-order valence-electron chi connectivity index (χ2n) is 7.04. The molecular weight excluding hydrogens is 431 g/mol. The lowest BCUT2D eigenvalue weighted by Crippen LogP contribution is -2.35. The average molecular weight is 446 g/mol. The van der Waals surface area contributed by atoms with E-state index in [1.807, 2.05) is 6.07 Å². The van der Waals surface area contributed by atoms with Gasteiger partial charge in [-0.2, -0.15) is 23.5 Å². The zero-order valence-corrected chi connectivity index (χ0v) is 16.6. The minimum atomic E-state index is -4.55. The summed E-state index contributed by atoms with van der Waals surface area (Å²) in [6.07, 6.45) is -4.83. The number of hydrogen-bond donors (Lipinski definition) is 2. The van der Waals surface area contributed by atoms with Crippen molar-refractivity contribution in [1.29, 1.82) is 5.26 Å². The van der Waals surface area contributed by atoms with Gasteiger partial charge >= 0.3 is 6.18 Å². The van der Waals surface area contributed by atoms with Crippen molar-refractivity contribution in [3.05, 3.63) is 76.4 Å². The summed E-state index contributed by atoms with van der Waals surface area (Å²) in [5.74, 6) is -0.559. The van der Waals surface area contributed by atoms with E-state index in [9.17, 15) is 18.0 Å². The Kier molecular flexibility index (Phi) is 5.33. The summed E-state index contributed by atoms with van der Waals surface area (Å²) < 4.78 is 42.1. The molecule has 2 heterocycles. The first kappa shape index (κ1) is 20.8. The molecule has 158 valence electrons. The number of nitriles is 1. The molecule has 1 aliphatic rings. The van der Waals surface area contributed by atoms with Crippen LogP contribution in [0.3, 0.4) is 0 Å². The van der Waals surface area contributed by atoms with Gasteiger partial charge in [0.05, 0.1) is 17.7 Å². The molecule has 0 spiro atoms. The molecule has 1 amide bonds. The third-order valence-corrected chi connectivity index (χ3v) is 5.22. The molecule has 2 aromatic carbocycles. The number of carbonyl (C=O) groups is 1. The van der Waals surface area contributed by atoms with Gasteiger partial charge in [-0.1, -0.05) is 23.7 Å². The molecule has 0 aliphatic carbocycles. The minimum absolute atomic E-state index is 0.0958. The lowest BCUT2D eigenvalue weighted by Gasteiger charge is -2.33. The average Bonchev–Trinajstić information content (AvgIpc) is 3.17. The van der Waals surface area contributed by atoms with Gasteiger partial charge in [0, 0.05) is 23.2 Å². The SMILES string of the molecule is N#Cc1ccc(NC(=O)c2cc3n(n2)[C@@H](C(F)(F)F)C[C@@H](c2ccc(Cl)cc2)N3)cc1. The molecule has 4 rings (SSSR count). The van der Waals surface area contributed by atoms with Crippen LogP contribution in [0, 0.1) is 11.3 Å². The molecule has 6 nitrogen and oxygen atoms in total. The van der Waals surface area contributed by atoms with Crippen LogP contribution in [0.25, 0.3) is 0 Å². The van der Waals surface area contributed by atoms with Crippen molar-refractivity contribution in [3.63, 3.8) is 0 Å². The molecule has 0 bridgehead atoms. The van der Waals surface area contributed by atoms with Crippen LogP contribution in [-0.4, -0.2) is 21.9 Å². The molecule has 1 aliphatic heterocycles. The fraction of sp³-hybridized carbons (Fsp3) is 0.190. The number of benzene rings is 2. The molecule has 2 atom stereocenters. The molecule has 0 saturated carbocycles. The first-order valence-corrected chi connectivity index (χ1v) is 9.62. The summed E-state index contributed by atoms with van der Waals surface area (Å²) in [7, 11) is 0. The highest BCUT2D eigenvalue weighted by Crippen LogP contribution is 2.43. The van der Waals surface area contributed by atoms with E-state index in [0.717, 1.165) is 4.68 Å². The summed E-state index contributed by atoms with van der Waals surface area (Å²) in [5, 5.41) is 18.8. The quantitative estimate of drug-likeness (QED) is 0.571. The second kappa shape index (κ2) is 7.96. The molecule has 31 heavy (non-hydrogen) atoms. The van der Waals surface area contributed by atoms with Crippen LogP contribution in [0.5, 0.6) is 0 Å². The molecule has 0 unspecified atom stereocenters. The number of aromatic nitrogens is 2.